The van der Waals surface area contributed by atoms with Crippen molar-refractivity contribution in [1.82, 2.24) is 24.2 Å². The van der Waals surface area contributed by atoms with Crippen molar-refractivity contribution < 1.29 is 8.42 Å². The number of aryl methyl sites for hydroxylation is 2. The second-order valence-corrected chi connectivity index (χ2v) is 7.65. The van der Waals surface area contributed by atoms with Crippen LogP contribution >= 0.6 is 0 Å². The van der Waals surface area contributed by atoms with Crippen LogP contribution in [0.3, 0.4) is 0 Å². The second-order valence-electron chi connectivity index (χ2n) is 5.94. The molecule has 3 rings (SSSR count). The fourth-order valence-corrected chi connectivity index (χ4v) is 3.68. The standard InChI is InChI=1S/C15H22N6O2S/c1-12-18-15(11-20(12)2)24(22,23)17-10-13-16-7-6-14(19-13)21-8-4-3-5-9-21/h6-7,11,17H,3-5,8-10H2,1-2H3. The van der Waals surface area contributed by atoms with E-state index in [1.54, 1.807) is 24.7 Å². The SMILES string of the molecule is Cc1nc(S(=O)(=O)NCc2nccc(N3CCCCC3)n2)cn1C. The number of aromatic nitrogens is 4. The van der Waals surface area contributed by atoms with Crippen LogP contribution in [0.25, 0.3) is 0 Å². The molecule has 130 valence electrons. The summed E-state index contributed by atoms with van der Waals surface area (Å²) >= 11 is 0. The van der Waals surface area contributed by atoms with Gasteiger partial charge in [0.15, 0.2) is 5.03 Å². The quantitative estimate of drug-likeness (QED) is 0.864. The summed E-state index contributed by atoms with van der Waals surface area (Å²) in [6.07, 6.45) is 6.72. The maximum absolute atomic E-state index is 12.3. The normalized spacial score (nSPS) is 15.7. The molecule has 0 aromatic carbocycles. The van der Waals surface area contributed by atoms with Crippen LogP contribution in [0.1, 0.15) is 30.9 Å². The van der Waals surface area contributed by atoms with Gasteiger partial charge in [0.2, 0.25) is 0 Å². The highest BCUT2D eigenvalue weighted by Gasteiger charge is 2.19. The molecule has 1 fully saturated rings. The Bertz CT molecular complexity index is 792. The first-order chi connectivity index (χ1) is 11.5. The van der Waals surface area contributed by atoms with E-state index in [0.717, 1.165) is 31.7 Å². The van der Waals surface area contributed by atoms with Crippen LogP contribution in [0, 0.1) is 6.92 Å². The molecule has 0 aliphatic carbocycles. The summed E-state index contributed by atoms with van der Waals surface area (Å²) in [4.78, 5) is 14.9. The van der Waals surface area contributed by atoms with Gasteiger partial charge in [-0.1, -0.05) is 0 Å². The Morgan fingerprint density at radius 3 is 2.62 bits per heavy atom. The lowest BCUT2D eigenvalue weighted by molar-refractivity contribution is 0.568. The molecule has 0 bridgehead atoms. The van der Waals surface area contributed by atoms with Crippen LogP contribution in [0.2, 0.25) is 0 Å². The summed E-state index contributed by atoms with van der Waals surface area (Å²) in [7, 11) is -1.92. The predicted molar refractivity (Wildman–Crippen MR) is 90.1 cm³/mol. The molecule has 1 aliphatic rings. The Morgan fingerprint density at radius 2 is 1.96 bits per heavy atom. The van der Waals surface area contributed by atoms with Gasteiger partial charge in [-0.2, -0.15) is 0 Å². The third-order valence-corrected chi connectivity index (χ3v) is 5.42. The van der Waals surface area contributed by atoms with Crippen LogP contribution < -0.4 is 9.62 Å². The van der Waals surface area contributed by atoms with Gasteiger partial charge in [-0.15, -0.1) is 0 Å². The van der Waals surface area contributed by atoms with Crippen LogP contribution in [-0.2, 0) is 23.6 Å². The third kappa shape index (κ3) is 3.73. The third-order valence-electron chi connectivity index (χ3n) is 4.15. The van der Waals surface area contributed by atoms with Gasteiger partial charge in [0, 0.05) is 32.5 Å². The predicted octanol–water partition coefficient (Wildman–Crippen LogP) is 0.987. The van der Waals surface area contributed by atoms with Gasteiger partial charge >= 0.3 is 0 Å². The summed E-state index contributed by atoms with van der Waals surface area (Å²) in [6, 6.07) is 1.87. The van der Waals surface area contributed by atoms with E-state index in [1.807, 2.05) is 6.07 Å². The summed E-state index contributed by atoms with van der Waals surface area (Å²) in [5.74, 6) is 1.95. The summed E-state index contributed by atoms with van der Waals surface area (Å²) in [6.45, 7) is 3.76. The average molecular weight is 350 g/mol. The highest BCUT2D eigenvalue weighted by Crippen LogP contribution is 2.17. The molecule has 0 atom stereocenters. The molecule has 8 nitrogen and oxygen atoms in total. The Morgan fingerprint density at radius 1 is 1.21 bits per heavy atom. The molecule has 24 heavy (non-hydrogen) atoms. The van der Waals surface area contributed by atoms with Gasteiger partial charge in [-0.3, -0.25) is 0 Å². The van der Waals surface area contributed by atoms with Crippen molar-refractivity contribution in [1.29, 1.82) is 0 Å². The Kier molecular flexibility index (Phi) is 4.81. The van der Waals surface area contributed by atoms with Crippen molar-refractivity contribution in [2.24, 2.45) is 7.05 Å². The van der Waals surface area contributed by atoms with Crippen LogP contribution in [0.4, 0.5) is 5.82 Å². The molecule has 0 saturated carbocycles. The molecule has 3 heterocycles. The molecule has 1 N–H and O–H groups in total. The molecule has 9 heteroatoms. The zero-order valence-electron chi connectivity index (χ0n) is 13.9. The Hall–Kier alpha value is -2.00. The molecule has 0 radical (unpaired) electrons. The van der Waals surface area contributed by atoms with Crippen LogP contribution in [0.5, 0.6) is 0 Å². The number of sulfonamides is 1. The first kappa shape index (κ1) is 16.8. The highest BCUT2D eigenvalue weighted by molar-refractivity contribution is 7.89. The van der Waals surface area contributed by atoms with E-state index < -0.39 is 10.0 Å². The van der Waals surface area contributed by atoms with E-state index in [2.05, 4.69) is 24.6 Å². The molecular formula is C15H22N6O2S. The van der Waals surface area contributed by atoms with E-state index >= 15 is 0 Å². The van der Waals surface area contributed by atoms with E-state index in [4.69, 9.17) is 0 Å². The number of rotatable bonds is 5. The van der Waals surface area contributed by atoms with Crippen molar-refractivity contribution in [2.75, 3.05) is 18.0 Å². The minimum atomic E-state index is -3.67. The van der Waals surface area contributed by atoms with E-state index in [-0.39, 0.29) is 11.6 Å². The molecule has 1 saturated heterocycles. The van der Waals surface area contributed by atoms with Crippen molar-refractivity contribution in [2.45, 2.75) is 37.8 Å². The first-order valence-electron chi connectivity index (χ1n) is 8.02. The molecular weight excluding hydrogens is 328 g/mol. The average Bonchev–Trinajstić information content (AvgIpc) is 2.94. The van der Waals surface area contributed by atoms with Gasteiger partial charge in [0.25, 0.3) is 10.0 Å². The molecule has 2 aromatic rings. The number of hydrogen-bond donors (Lipinski definition) is 1. The minimum Gasteiger partial charge on any atom is -0.357 e. The van der Waals surface area contributed by atoms with Crippen molar-refractivity contribution >= 4 is 15.8 Å². The highest BCUT2D eigenvalue weighted by atomic mass is 32.2. The summed E-state index contributed by atoms with van der Waals surface area (Å²) in [5, 5.41) is 0.00897. The van der Waals surface area contributed by atoms with E-state index in [9.17, 15) is 8.42 Å². The van der Waals surface area contributed by atoms with Gasteiger partial charge in [-0.25, -0.2) is 28.1 Å². The van der Waals surface area contributed by atoms with Crippen molar-refractivity contribution in [3.63, 3.8) is 0 Å². The van der Waals surface area contributed by atoms with Gasteiger partial charge in [0.05, 0.1) is 6.54 Å². The zero-order valence-corrected chi connectivity index (χ0v) is 14.8. The summed E-state index contributed by atoms with van der Waals surface area (Å²) < 4.78 is 28.8. The lowest BCUT2D eigenvalue weighted by Gasteiger charge is -2.27. The van der Waals surface area contributed by atoms with Crippen LogP contribution in [-0.4, -0.2) is 41.0 Å². The van der Waals surface area contributed by atoms with Gasteiger partial charge < -0.3 is 9.47 Å². The summed E-state index contributed by atoms with van der Waals surface area (Å²) in [5.41, 5.74) is 0. The van der Waals surface area contributed by atoms with Gasteiger partial charge in [0.1, 0.15) is 17.5 Å². The number of nitrogens with zero attached hydrogens (tertiary/aromatic N) is 5. The van der Waals surface area contributed by atoms with Crippen molar-refractivity contribution in [3.05, 3.63) is 30.1 Å². The minimum absolute atomic E-state index is 0.00897. The maximum atomic E-state index is 12.3. The van der Waals surface area contributed by atoms with E-state index in [0.29, 0.717) is 11.6 Å². The first-order valence-corrected chi connectivity index (χ1v) is 9.50. The number of imidazole rings is 1. The lowest BCUT2D eigenvalue weighted by atomic mass is 10.1. The molecule has 2 aromatic heterocycles. The molecule has 0 unspecified atom stereocenters. The molecule has 0 spiro atoms. The van der Waals surface area contributed by atoms with Crippen molar-refractivity contribution in [3.8, 4) is 0 Å². The molecule has 0 amide bonds. The Labute approximate surface area is 142 Å². The van der Waals surface area contributed by atoms with Crippen LogP contribution in [0.15, 0.2) is 23.5 Å². The number of hydrogen-bond acceptors (Lipinski definition) is 6. The smallest absolute Gasteiger partial charge is 0.259 e. The largest absolute Gasteiger partial charge is 0.357 e. The Balaban J connectivity index is 1.70. The van der Waals surface area contributed by atoms with E-state index in [1.165, 1.54) is 12.6 Å². The second kappa shape index (κ2) is 6.86. The monoisotopic (exact) mass is 350 g/mol. The maximum Gasteiger partial charge on any atom is 0.259 e. The van der Waals surface area contributed by atoms with Gasteiger partial charge in [-0.05, 0) is 32.3 Å². The fraction of sp³-hybridized carbons (Fsp3) is 0.533. The number of nitrogens with one attached hydrogen (secondary N) is 1. The number of piperidine rings is 1. The lowest BCUT2D eigenvalue weighted by Crippen LogP contribution is -2.31. The molecule has 1 aliphatic heterocycles. The number of anilines is 1. The fourth-order valence-electron chi connectivity index (χ4n) is 2.66. The topological polar surface area (TPSA) is 93.0 Å². The zero-order chi connectivity index (χ0) is 17.2.